The van der Waals surface area contributed by atoms with Crippen LogP contribution in [0.1, 0.15) is 43.7 Å². The van der Waals surface area contributed by atoms with Gasteiger partial charge in [-0.25, -0.2) is 9.78 Å². The number of carbonyl (C=O) groups is 2. The summed E-state index contributed by atoms with van der Waals surface area (Å²) in [5.74, 6) is 1.66. The Hall–Kier alpha value is -5.63. The number of methoxy groups -OCH3 is 2. The van der Waals surface area contributed by atoms with Crippen LogP contribution in [0.15, 0.2) is 58.4 Å². The monoisotopic (exact) mass is 746 g/mol. The summed E-state index contributed by atoms with van der Waals surface area (Å²) in [6.45, 7) is 6.41. The molecule has 9 rings (SSSR count). The Labute approximate surface area is 317 Å². The molecular formula is C41H46N8O6. The van der Waals surface area contributed by atoms with Gasteiger partial charge < -0.3 is 23.8 Å². The van der Waals surface area contributed by atoms with Crippen LogP contribution >= 0.6 is 0 Å². The first kappa shape index (κ1) is 35.1. The molecule has 1 atom stereocenters. The fraction of sp³-hybridized carbons (Fsp3) is 0.439. The number of rotatable bonds is 8. The number of imide groups is 1. The number of nitrogens with one attached hydrogen (secondary N) is 1. The van der Waals surface area contributed by atoms with E-state index in [0.717, 1.165) is 109 Å². The summed E-state index contributed by atoms with van der Waals surface area (Å²) in [6, 6.07) is 11.5. The zero-order chi connectivity index (χ0) is 38.2. The summed E-state index contributed by atoms with van der Waals surface area (Å²) < 4.78 is 16.8. The molecule has 1 spiro atoms. The van der Waals surface area contributed by atoms with E-state index in [1.807, 2.05) is 30.5 Å². The van der Waals surface area contributed by atoms with E-state index in [0.29, 0.717) is 23.9 Å². The quantitative estimate of drug-likeness (QED) is 0.235. The number of anilines is 2. The highest BCUT2D eigenvalue weighted by Crippen LogP contribution is 2.45. The largest absolute Gasteiger partial charge is 0.496 e. The Morgan fingerprint density at radius 3 is 2.25 bits per heavy atom. The summed E-state index contributed by atoms with van der Waals surface area (Å²) in [6.07, 6.45) is 7.39. The third-order valence-electron chi connectivity index (χ3n) is 12.5. The molecule has 1 unspecified atom stereocenters. The lowest BCUT2D eigenvalue weighted by Gasteiger charge is -2.55. The van der Waals surface area contributed by atoms with Crippen LogP contribution in [-0.2, 0) is 30.2 Å². The molecule has 55 heavy (non-hydrogen) atoms. The predicted octanol–water partition coefficient (Wildman–Crippen LogP) is 3.56. The van der Waals surface area contributed by atoms with Crippen LogP contribution in [0.4, 0.5) is 11.5 Å². The van der Waals surface area contributed by atoms with Gasteiger partial charge in [0, 0.05) is 87.7 Å². The van der Waals surface area contributed by atoms with Crippen LogP contribution in [-0.4, -0.2) is 88.9 Å². The second-order valence-corrected chi connectivity index (χ2v) is 15.7. The Morgan fingerprint density at radius 2 is 1.60 bits per heavy atom. The number of fused-ring (bicyclic) bond motifs is 2. The van der Waals surface area contributed by atoms with E-state index in [1.54, 1.807) is 43.6 Å². The van der Waals surface area contributed by atoms with Crippen LogP contribution < -0.4 is 35.8 Å². The lowest BCUT2D eigenvalue weighted by Crippen LogP contribution is -2.60. The van der Waals surface area contributed by atoms with Crippen molar-refractivity contribution in [2.24, 2.45) is 19.5 Å². The summed E-state index contributed by atoms with van der Waals surface area (Å²) in [4.78, 5) is 62.4. The number of imidazole rings is 1. The maximum Gasteiger partial charge on any atom is 0.329 e. The number of likely N-dealkylation sites (tertiary alicyclic amines) is 1. The van der Waals surface area contributed by atoms with Crippen molar-refractivity contribution in [1.29, 1.82) is 0 Å². The van der Waals surface area contributed by atoms with E-state index in [2.05, 4.69) is 37.1 Å². The van der Waals surface area contributed by atoms with Crippen LogP contribution in [0.5, 0.6) is 11.5 Å². The van der Waals surface area contributed by atoms with Gasteiger partial charge in [-0.05, 0) is 80.7 Å². The van der Waals surface area contributed by atoms with Crippen molar-refractivity contribution >= 4 is 45.1 Å². The highest BCUT2D eigenvalue weighted by molar-refractivity contribution is 6.00. The van der Waals surface area contributed by atoms with Crippen LogP contribution in [0.25, 0.3) is 32.9 Å². The molecule has 0 aliphatic carbocycles. The molecule has 2 amide bonds. The topological polar surface area (TPSA) is 136 Å². The number of hydrogen-bond donors (Lipinski definition) is 1. The minimum Gasteiger partial charge on any atom is -0.496 e. The van der Waals surface area contributed by atoms with E-state index >= 15 is 0 Å². The van der Waals surface area contributed by atoms with Crippen molar-refractivity contribution in [3.8, 4) is 22.6 Å². The molecule has 7 heterocycles. The third-order valence-corrected chi connectivity index (χ3v) is 12.5. The summed E-state index contributed by atoms with van der Waals surface area (Å²) in [7, 11) is 6.89. The Morgan fingerprint density at radius 1 is 0.873 bits per heavy atom. The smallest absolute Gasteiger partial charge is 0.329 e. The average Bonchev–Trinajstić information content (AvgIpc) is 3.39. The number of nitrogens with zero attached hydrogens (tertiary/aromatic N) is 7. The first-order valence-electron chi connectivity index (χ1n) is 19.1. The van der Waals surface area contributed by atoms with Gasteiger partial charge in [-0.3, -0.25) is 33.7 Å². The molecular weight excluding hydrogens is 701 g/mol. The van der Waals surface area contributed by atoms with Crippen molar-refractivity contribution in [3.05, 3.63) is 75.2 Å². The Kier molecular flexibility index (Phi) is 8.48. The number of pyridine rings is 2. The van der Waals surface area contributed by atoms with Crippen LogP contribution in [0, 0.1) is 5.41 Å². The Balaban J connectivity index is 0.904. The molecule has 286 valence electrons. The fourth-order valence-electron chi connectivity index (χ4n) is 9.04. The molecule has 1 N–H and O–H groups in total. The summed E-state index contributed by atoms with van der Waals surface area (Å²) in [5.41, 5.74) is 5.26. The van der Waals surface area contributed by atoms with Gasteiger partial charge in [-0.2, -0.15) is 0 Å². The van der Waals surface area contributed by atoms with E-state index < -0.39 is 11.9 Å². The zero-order valence-electron chi connectivity index (χ0n) is 31.8. The van der Waals surface area contributed by atoms with Crippen molar-refractivity contribution < 1.29 is 19.1 Å². The first-order valence-corrected chi connectivity index (χ1v) is 19.1. The predicted molar refractivity (Wildman–Crippen MR) is 210 cm³/mol. The molecule has 14 nitrogen and oxygen atoms in total. The van der Waals surface area contributed by atoms with Gasteiger partial charge in [-0.1, -0.05) is 0 Å². The minimum absolute atomic E-state index is 0.0795. The van der Waals surface area contributed by atoms with Gasteiger partial charge >= 0.3 is 5.69 Å². The zero-order valence-corrected chi connectivity index (χ0v) is 31.8. The van der Waals surface area contributed by atoms with E-state index in [1.165, 1.54) is 4.57 Å². The molecule has 4 aliphatic heterocycles. The van der Waals surface area contributed by atoms with Gasteiger partial charge in [0.25, 0.3) is 5.56 Å². The number of aryl methyl sites for hydroxylation is 2. The molecule has 0 bridgehead atoms. The second-order valence-electron chi connectivity index (χ2n) is 15.7. The van der Waals surface area contributed by atoms with E-state index in [4.69, 9.17) is 9.47 Å². The highest BCUT2D eigenvalue weighted by atomic mass is 16.5. The van der Waals surface area contributed by atoms with Crippen molar-refractivity contribution in [2.75, 3.05) is 63.3 Å². The standard InChI is InChI=1S/C41H46N8O6/c1-44-21-29(27-19-36(47-12-5-13-47)42-20-28(27)39(44)52)25-16-34(54-3)30(35(17-25)55-4)22-46-14-10-41(11-15-46)23-48(24-41)26-6-7-31-33(18-26)45(2)40(53)49(31)32-8-9-37(50)43-38(32)51/h6-7,16-21,32H,5,8-15,22-24H2,1-4H3,(H,43,50,51). The van der Waals surface area contributed by atoms with Crippen molar-refractivity contribution in [2.45, 2.75) is 44.7 Å². The molecule has 2 aromatic carbocycles. The van der Waals surface area contributed by atoms with Gasteiger partial charge in [0.15, 0.2) is 0 Å². The van der Waals surface area contributed by atoms with E-state index in [9.17, 15) is 19.2 Å². The number of benzene rings is 2. The van der Waals surface area contributed by atoms with E-state index in [-0.39, 0.29) is 29.0 Å². The average molecular weight is 747 g/mol. The maximum absolute atomic E-state index is 13.3. The molecule has 5 aromatic rings. The molecule has 4 fully saturated rings. The van der Waals surface area contributed by atoms with Crippen molar-refractivity contribution in [1.82, 2.24) is 28.9 Å². The van der Waals surface area contributed by atoms with Gasteiger partial charge in [0.1, 0.15) is 23.4 Å². The van der Waals surface area contributed by atoms with Gasteiger partial charge in [0.2, 0.25) is 11.8 Å². The molecule has 14 heteroatoms. The minimum atomic E-state index is -0.697. The molecule has 4 saturated heterocycles. The lowest BCUT2D eigenvalue weighted by molar-refractivity contribution is -0.135. The summed E-state index contributed by atoms with van der Waals surface area (Å²) >= 11 is 0. The van der Waals surface area contributed by atoms with Gasteiger partial charge in [-0.15, -0.1) is 0 Å². The Bertz CT molecular complexity index is 2470. The maximum atomic E-state index is 13.3. The van der Waals surface area contributed by atoms with Crippen LogP contribution in [0.3, 0.4) is 0 Å². The number of ether oxygens (including phenoxy) is 2. The molecule has 0 saturated carbocycles. The highest BCUT2D eigenvalue weighted by Gasteiger charge is 2.45. The second kappa shape index (κ2) is 13.3. The fourth-order valence-corrected chi connectivity index (χ4v) is 9.04. The molecule has 4 aliphatic rings. The number of amides is 2. The van der Waals surface area contributed by atoms with Gasteiger partial charge in [0.05, 0.1) is 36.2 Å². The third kappa shape index (κ3) is 5.85. The number of carbonyl (C=O) groups excluding carboxylic acids is 2. The van der Waals surface area contributed by atoms with Crippen LogP contribution in [0.2, 0.25) is 0 Å². The summed E-state index contributed by atoms with van der Waals surface area (Å²) in [5, 5.41) is 3.82. The first-order chi connectivity index (χ1) is 26.6. The SMILES string of the molecule is COc1cc(-c2cn(C)c(=O)c3cnc(N4CCC4)cc23)cc(OC)c1CN1CCC2(CC1)CN(c1ccc3c(c1)n(C)c(=O)n3C1CCC(=O)NC1=O)C2. The normalized spacial score (nSPS) is 19.8. The number of hydrogen-bond acceptors (Lipinski definition) is 10. The number of piperidine rings is 2. The lowest BCUT2D eigenvalue weighted by atomic mass is 9.71. The van der Waals surface area contributed by atoms with Crippen molar-refractivity contribution in [3.63, 3.8) is 0 Å². The molecule has 3 aromatic heterocycles. The number of aromatic nitrogens is 4. The molecule has 0 radical (unpaired) electrons.